The van der Waals surface area contributed by atoms with Crippen LogP contribution in [0.2, 0.25) is 5.02 Å². The first-order valence-electron chi connectivity index (χ1n) is 9.58. The molecule has 0 N–H and O–H groups in total. The fraction of sp³-hybridized carbons (Fsp3) is 0.0400. The quantitative estimate of drug-likeness (QED) is 0.272. The van der Waals surface area contributed by atoms with E-state index < -0.39 is 5.54 Å². The summed E-state index contributed by atoms with van der Waals surface area (Å²) in [5, 5.41) is 6.39. The van der Waals surface area contributed by atoms with Gasteiger partial charge in [-0.25, -0.2) is 9.67 Å². The maximum Gasteiger partial charge on any atom is 0.160 e. The van der Waals surface area contributed by atoms with Crippen LogP contribution < -0.4 is 0 Å². The van der Waals surface area contributed by atoms with Gasteiger partial charge in [-0.1, -0.05) is 103 Å². The monoisotopic (exact) mass is 473 g/mol. The Labute approximate surface area is 188 Å². The van der Waals surface area contributed by atoms with E-state index >= 15 is 0 Å². The molecule has 5 heteroatoms. The van der Waals surface area contributed by atoms with Gasteiger partial charge in [0.05, 0.1) is 10.4 Å². The van der Waals surface area contributed by atoms with Crippen LogP contribution in [0.25, 0.3) is 11.0 Å². The van der Waals surface area contributed by atoms with Gasteiger partial charge in [0.15, 0.2) is 5.65 Å². The van der Waals surface area contributed by atoms with E-state index in [1.165, 1.54) is 0 Å². The summed E-state index contributed by atoms with van der Waals surface area (Å²) in [5.74, 6) is 0. The van der Waals surface area contributed by atoms with E-state index in [0.29, 0.717) is 9.63 Å². The van der Waals surface area contributed by atoms with Crippen molar-refractivity contribution in [3.8, 4) is 0 Å². The third-order valence-electron chi connectivity index (χ3n) is 5.34. The molecule has 0 fully saturated rings. The van der Waals surface area contributed by atoms with E-state index in [1.54, 1.807) is 6.20 Å². The van der Waals surface area contributed by atoms with E-state index in [9.17, 15) is 0 Å². The zero-order valence-electron chi connectivity index (χ0n) is 15.9. The second kappa shape index (κ2) is 7.71. The highest BCUT2D eigenvalue weighted by Gasteiger charge is 2.41. The van der Waals surface area contributed by atoms with Gasteiger partial charge in [0.2, 0.25) is 0 Å². The van der Waals surface area contributed by atoms with Crippen LogP contribution in [0.15, 0.2) is 108 Å². The molecule has 5 rings (SSSR count). The van der Waals surface area contributed by atoms with Gasteiger partial charge in [-0.3, -0.25) is 0 Å². The molecule has 0 radical (unpaired) electrons. The van der Waals surface area contributed by atoms with Crippen LogP contribution in [0.4, 0.5) is 0 Å². The predicted molar refractivity (Wildman–Crippen MR) is 125 cm³/mol. The predicted octanol–water partition coefficient (Wildman–Crippen LogP) is 6.69. The first-order valence-corrected chi connectivity index (χ1v) is 10.7. The molecule has 5 aromatic rings. The minimum Gasteiger partial charge on any atom is -0.235 e. The molecule has 0 aliphatic rings. The molecule has 0 amide bonds. The molecule has 30 heavy (non-hydrogen) atoms. The Balaban J connectivity index is 1.98. The van der Waals surface area contributed by atoms with Crippen LogP contribution in [0.3, 0.4) is 0 Å². The van der Waals surface area contributed by atoms with Gasteiger partial charge in [-0.2, -0.15) is 5.10 Å². The summed E-state index contributed by atoms with van der Waals surface area (Å²) in [6, 6.07) is 33.1. The molecular weight excluding hydrogens is 458 g/mol. The van der Waals surface area contributed by atoms with E-state index in [2.05, 4.69) is 93.7 Å². The minimum absolute atomic E-state index is 0.576. The average Bonchev–Trinajstić information content (AvgIpc) is 3.12. The largest absolute Gasteiger partial charge is 0.235 e. The molecule has 0 aliphatic heterocycles. The highest BCUT2D eigenvalue weighted by Crippen LogP contribution is 2.43. The van der Waals surface area contributed by atoms with Gasteiger partial charge in [0.1, 0.15) is 10.1 Å². The third kappa shape index (κ3) is 2.95. The van der Waals surface area contributed by atoms with Crippen molar-refractivity contribution in [3.63, 3.8) is 0 Å². The lowest BCUT2D eigenvalue weighted by Gasteiger charge is -2.36. The molecule has 0 bridgehead atoms. The Hall–Kier alpha value is -2.95. The van der Waals surface area contributed by atoms with Crippen molar-refractivity contribution in [2.45, 2.75) is 5.54 Å². The van der Waals surface area contributed by atoms with Crippen LogP contribution in [0.5, 0.6) is 0 Å². The van der Waals surface area contributed by atoms with E-state index in [-0.39, 0.29) is 0 Å². The number of benzene rings is 3. The van der Waals surface area contributed by atoms with Crippen molar-refractivity contribution in [1.29, 1.82) is 0 Å². The zero-order valence-corrected chi connectivity index (χ0v) is 18.3. The lowest BCUT2D eigenvalue weighted by Crippen LogP contribution is -2.38. The topological polar surface area (TPSA) is 30.7 Å². The lowest BCUT2D eigenvalue weighted by atomic mass is 9.77. The molecule has 2 aromatic heterocycles. The van der Waals surface area contributed by atoms with Gasteiger partial charge in [0, 0.05) is 6.20 Å². The molecule has 3 nitrogen and oxygen atoms in total. The number of hydrogen-bond acceptors (Lipinski definition) is 2. The van der Waals surface area contributed by atoms with Crippen LogP contribution in [-0.2, 0) is 5.54 Å². The Morgan fingerprint density at radius 2 is 1.20 bits per heavy atom. The first kappa shape index (κ1) is 19.0. The summed E-state index contributed by atoms with van der Waals surface area (Å²) in [4.78, 5) is 4.68. The van der Waals surface area contributed by atoms with Crippen LogP contribution >= 0.6 is 27.5 Å². The SMILES string of the molecule is Clc1cnc2c(c1)c(Br)nn2C(c1ccccc1)(c1ccccc1)c1ccccc1. The first-order chi connectivity index (χ1) is 14.7. The summed E-state index contributed by atoms with van der Waals surface area (Å²) < 4.78 is 2.71. The fourth-order valence-corrected chi connectivity index (χ4v) is 4.69. The zero-order chi connectivity index (χ0) is 20.6. The number of nitrogens with zero attached hydrogens (tertiary/aromatic N) is 3. The molecule has 146 valence electrons. The molecule has 3 aromatic carbocycles. The number of pyridine rings is 1. The van der Waals surface area contributed by atoms with Gasteiger partial charge < -0.3 is 0 Å². The standard InChI is InChI=1S/C25H17BrClN3/c26-23-22-16-21(27)17-28-24(22)30(29-23)25(18-10-4-1-5-11-18,19-12-6-2-7-13-19)20-14-8-3-9-15-20/h1-17H. The smallest absolute Gasteiger partial charge is 0.160 e. The van der Waals surface area contributed by atoms with E-state index in [4.69, 9.17) is 16.7 Å². The number of fused-ring (bicyclic) bond motifs is 1. The molecular formula is C25H17BrClN3. The second-order valence-electron chi connectivity index (χ2n) is 7.04. The Morgan fingerprint density at radius 3 is 1.67 bits per heavy atom. The number of hydrogen-bond donors (Lipinski definition) is 0. The number of halogens is 2. The van der Waals surface area contributed by atoms with Gasteiger partial charge >= 0.3 is 0 Å². The lowest BCUT2D eigenvalue weighted by molar-refractivity contribution is 0.470. The average molecular weight is 475 g/mol. The Bertz CT molecular complexity index is 1210. The van der Waals surface area contributed by atoms with Crippen molar-refractivity contribution in [2.24, 2.45) is 0 Å². The molecule has 0 unspecified atom stereocenters. The Kier molecular flexibility index (Phi) is 4.89. The summed E-state index contributed by atoms with van der Waals surface area (Å²) in [5.41, 5.74) is 3.32. The molecule has 0 saturated carbocycles. The maximum absolute atomic E-state index is 6.24. The minimum atomic E-state index is -0.713. The van der Waals surface area contributed by atoms with E-state index in [1.807, 2.05) is 28.9 Å². The molecule has 0 saturated heterocycles. The van der Waals surface area contributed by atoms with Crippen molar-refractivity contribution in [1.82, 2.24) is 14.8 Å². The van der Waals surface area contributed by atoms with Crippen molar-refractivity contribution < 1.29 is 0 Å². The summed E-state index contributed by atoms with van der Waals surface area (Å²) in [6.07, 6.45) is 1.67. The van der Waals surface area contributed by atoms with Gasteiger partial charge in [0.25, 0.3) is 0 Å². The van der Waals surface area contributed by atoms with Crippen molar-refractivity contribution in [2.75, 3.05) is 0 Å². The Morgan fingerprint density at radius 1 is 0.733 bits per heavy atom. The van der Waals surface area contributed by atoms with Crippen LogP contribution in [-0.4, -0.2) is 14.8 Å². The van der Waals surface area contributed by atoms with Crippen molar-refractivity contribution in [3.05, 3.63) is 130 Å². The van der Waals surface area contributed by atoms with Gasteiger partial charge in [-0.05, 0) is 38.7 Å². The summed E-state index contributed by atoms with van der Waals surface area (Å²) in [7, 11) is 0. The number of rotatable bonds is 4. The molecule has 0 atom stereocenters. The molecule has 0 aliphatic carbocycles. The van der Waals surface area contributed by atoms with Crippen LogP contribution in [0, 0.1) is 0 Å². The number of aromatic nitrogens is 3. The van der Waals surface area contributed by atoms with Crippen molar-refractivity contribution >= 4 is 38.6 Å². The van der Waals surface area contributed by atoms with Crippen LogP contribution in [0.1, 0.15) is 16.7 Å². The third-order valence-corrected chi connectivity index (χ3v) is 6.13. The maximum atomic E-state index is 6.24. The highest BCUT2D eigenvalue weighted by atomic mass is 79.9. The highest BCUT2D eigenvalue weighted by molar-refractivity contribution is 9.10. The van der Waals surface area contributed by atoms with E-state index in [0.717, 1.165) is 27.7 Å². The molecule has 2 heterocycles. The van der Waals surface area contributed by atoms with Gasteiger partial charge in [-0.15, -0.1) is 0 Å². The summed E-state index contributed by atoms with van der Waals surface area (Å²) >= 11 is 9.88. The molecule has 0 spiro atoms. The summed E-state index contributed by atoms with van der Waals surface area (Å²) in [6.45, 7) is 0. The second-order valence-corrected chi connectivity index (χ2v) is 8.22. The fourth-order valence-electron chi connectivity index (χ4n) is 4.08. The normalized spacial score (nSPS) is 11.7.